The molecule has 0 bridgehead atoms. The topological polar surface area (TPSA) is 62.7 Å². The van der Waals surface area contributed by atoms with Gasteiger partial charge < -0.3 is 10.6 Å². The highest BCUT2D eigenvalue weighted by Crippen LogP contribution is 2.24. The van der Waals surface area contributed by atoms with Crippen LogP contribution in [0.25, 0.3) is 11.3 Å². The molecule has 0 atom stereocenters. The quantitative estimate of drug-likeness (QED) is 0.614. The lowest BCUT2D eigenvalue weighted by molar-refractivity contribution is 0.461. The van der Waals surface area contributed by atoms with Gasteiger partial charge in [0.05, 0.1) is 5.69 Å². The SMILES string of the molecule is c1ccc(CCNc2cc(-c3ccncc3)nc(NC3CCCCC3)n2)cc1. The van der Waals surface area contributed by atoms with Gasteiger partial charge in [0, 0.05) is 36.6 Å². The molecule has 3 aromatic rings. The molecule has 0 spiro atoms. The van der Waals surface area contributed by atoms with Crippen LogP contribution in [-0.2, 0) is 6.42 Å². The van der Waals surface area contributed by atoms with Gasteiger partial charge in [0.15, 0.2) is 0 Å². The lowest BCUT2D eigenvalue weighted by Crippen LogP contribution is -2.24. The first-order valence-electron chi connectivity index (χ1n) is 10.2. The van der Waals surface area contributed by atoms with Gasteiger partial charge in [-0.05, 0) is 37.0 Å². The number of aromatic nitrogens is 3. The fourth-order valence-electron chi connectivity index (χ4n) is 3.68. The number of benzene rings is 1. The van der Waals surface area contributed by atoms with Crippen molar-refractivity contribution in [3.05, 3.63) is 66.5 Å². The molecule has 28 heavy (non-hydrogen) atoms. The lowest BCUT2D eigenvalue weighted by Gasteiger charge is -2.23. The van der Waals surface area contributed by atoms with Crippen LogP contribution < -0.4 is 10.6 Å². The van der Waals surface area contributed by atoms with Crippen LogP contribution in [0, 0.1) is 0 Å². The summed E-state index contributed by atoms with van der Waals surface area (Å²) in [6.45, 7) is 0.833. The molecule has 1 saturated carbocycles. The molecule has 1 aliphatic carbocycles. The molecule has 2 N–H and O–H groups in total. The summed E-state index contributed by atoms with van der Waals surface area (Å²) < 4.78 is 0. The van der Waals surface area contributed by atoms with E-state index in [4.69, 9.17) is 9.97 Å². The van der Waals surface area contributed by atoms with Gasteiger partial charge in [-0.3, -0.25) is 4.98 Å². The van der Waals surface area contributed by atoms with Crippen LogP contribution in [0.1, 0.15) is 37.7 Å². The Morgan fingerprint density at radius 1 is 0.893 bits per heavy atom. The van der Waals surface area contributed by atoms with Gasteiger partial charge in [0.1, 0.15) is 5.82 Å². The molecule has 1 aromatic carbocycles. The second-order valence-corrected chi connectivity index (χ2v) is 7.34. The standard InChI is InChI=1S/C23H27N5/c1-3-7-18(8-4-1)11-16-25-22-17-21(19-12-14-24-15-13-19)27-23(28-22)26-20-9-5-2-6-10-20/h1,3-4,7-8,12-15,17,20H,2,5-6,9-11,16H2,(H2,25,26,27,28). The minimum Gasteiger partial charge on any atom is -0.370 e. The van der Waals surface area contributed by atoms with E-state index in [2.05, 4.69) is 39.9 Å². The molecule has 5 heteroatoms. The average Bonchev–Trinajstić information content (AvgIpc) is 2.76. The molecule has 0 saturated heterocycles. The maximum Gasteiger partial charge on any atom is 0.225 e. The number of pyridine rings is 1. The van der Waals surface area contributed by atoms with E-state index in [9.17, 15) is 0 Å². The molecule has 144 valence electrons. The molecule has 4 rings (SSSR count). The maximum atomic E-state index is 4.77. The summed E-state index contributed by atoms with van der Waals surface area (Å²) in [6, 6.07) is 17.0. The van der Waals surface area contributed by atoms with Crippen molar-refractivity contribution >= 4 is 11.8 Å². The second kappa shape index (κ2) is 9.31. The summed E-state index contributed by atoms with van der Waals surface area (Å²) in [5.74, 6) is 1.57. The number of nitrogens with one attached hydrogen (secondary N) is 2. The number of anilines is 2. The van der Waals surface area contributed by atoms with Crippen LogP contribution in [0.5, 0.6) is 0 Å². The summed E-state index contributed by atoms with van der Waals surface area (Å²) in [7, 11) is 0. The van der Waals surface area contributed by atoms with E-state index in [-0.39, 0.29) is 0 Å². The molecular weight excluding hydrogens is 346 g/mol. The first-order chi connectivity index (χ1) is 13.9. The Balaban J connectivity index is 1.51. The van der Waals surface area contributed by atoms with Gasteiger partial charge in [-0.2, -0.15) is 4.98 Å². The Morgan fingerprint density at radius 3 is 2.46 bits per heavy atom. The van der Waals surface area contributed by atoms with Crippen molar-refractivity contribution in [2.45, 2.75) is 44.6 Å². The molecule has 2 aromatic heterocycles. The fourth-order valence-corrected chi connectivity index (χ4v) is 3.68. The normalized spacial score (nSPS) is 14.6. The zero-order valence-corrected chi connectivity index (χ0v) is 16.1. The molecule has 0 aliphatic heterocycles. The van der Waals surface area contributed by atoms with Gasteiger partial charge in [-0.1, -0.05) is 49.6 Å². The van der Waals surface area contributed by atoms with Crippen molar-refractivity contribution in [1.82, 2.24) is 15.0 Å². The summed E-state index contributed by atoms with van der Waals surface area (Å²) in [4.78, 5) is 13.6. The third-order valence-electron chi connectivity index (χ3n) is 5.20. The zero-order chi connectivity index (χ0) is 19.0. The van der Waals surface area contributed by atoms with Crippen molar-refractivity contribution in [2.24, 2.45) is 0 Å². The number of hydrogen-bond acceptors (Lipinski definition) is 5. The molecule has 2 heterocycles. The van der Waals surface area contributed by atoms with E-state index in [1.807, 2.05) is 24.3 Å². The minimum absolute atomic E-state index is 0.471. The van der Waals surface area contributed by atoms with E-state index in [0.717, 1.165) is 30.0 Å². The maximum absolute atomic E-state index is 4.77. The highest BCUT2D eigenvalue weighted by atomic mass is 15.2. The van der Waals surface area contributed by atoms with Crippen LogP contribution in [0.15, 0.2) is 60.9 Å². The van der Waals surface area contributed by atoms with Gasteiger partial charge in [-0.15, -0.1) is 0 Å². The van der Waals surface area contributed by atoms with E-state index < -0.39 is 0 Å². The molecule has 0 radical (unpaired) electrons. The van der Waals surface area contributed by atoms with Crippen LogP contribution >= 0.6 is 0 Å². The molecule has 0 unspecified atom stereocenters. The summed E-state index contributed by atoms with van der Waals surface area (Å²) in [5.41, 5.74) is 3.28. The van der Waals surface area contributed by atoms with Crippen LogP contribution in [0.2, 0.25) is 0 Å². The van der Waals surface area contributed by atoms with Gasteiger partial charge in [0.25, 0.3) is 0 Å². The van der Waals surface area contributed by atoms with Crippen LogP contribution in [0.4, 0.5) is 11.8 Å². The number of rotatable bonds is 7. The van der Waals surface area contributed by atoms with Gasteiger partial charge in [-0.25, -0.2) is 4.98 Å². The minimum atomic E-state index is 0.471. The number of nitrogens with zero attached hydrogens (tertiary/aromatic N) is 3. The predicted molar refractivity (Wildman–Crippen MR) is 114 cm³/mol. The van der Waals surface area contributed by atoms with E-state index in [1.54, 1.807) is 12.4 Å². The van der Waals surface area contributed by atoms with Crippen molar-refractivity contribution < 1.29 is 0 Å². The highest BCUT2D eigenvalue weighted by molar-refractivity contribution is 5.64. The largest absolute Gasteiger partial charge is 0.370 e. The first-order valence-corrected chi connectivity index (χ1v) is 10.2. The predicted octanol–water partition coefficient (Wildman–Crippen LogP) is 4.94. The Bertz CT molecular complexity index is 861. The summed E-state index contributed by atoms with van der Waals surface area (Å²) in [6.07, 6.45) is 10.8. The number of hydrogen-bond donors (Lipinski definition) is 2. The molecular formula is C23H27N5. The average molecular weight is 374 g/mol. The van der Waals surface area contributed by atoms with E-state index >= 15 is 0 Å². The van der Waals surface area contributed by atoms with Crippen molar-refractivity contribution in [2.75, 3.05) is 17.2 Å². The zero-order valence-electron chi connectivity index (χ0n) is 16.1. The van der Waals surface area contributed by atoms with E-state index in [0.29, 0.717) is 12.0 Å². The van der Waals surface area contributed by atoms with Crippen molar-refractivity contribution in [3.8, 4) is 11.3 Å². The highest BCUT2D eigenvalue weighted by Gasteiger charge is 2.15. The molecule has 5 nitrogen and oxygen atoms in total. The van der Waals surface area contributed by atoms with Gasteiger partial charge >= 0.3 is 0 Å². The Morgan fingerprint density at radius 2 is 1.68 bits per heavy atom. The Hall–Kier alpha value is -2.95. The third kappa shape index (κ3) is 5.06. The lowest BCUT2D eigenvalue weighted by atomic mass is 9.96. The molecule has 1 fully saturated rings. The smallest absolute Gasteiger partial charge is 0.225 e. The molecule has 0 amide bonds. The first kappa shape index (κ1) is 18.4. The van der Waals surface area contributed by atoms with Gasteiger partial charge in [0.2, 0.25) is 5.95 Å². The van der Waals surface area contributed by atoms with Crippen LogP contribution in [-0.4, -0.2) is 27.5 Å². The summed E-state index contributed by atoms with van der Waals surface area (Å²) >= 11 is 0. The molecule has 1 aliphatic rings. The van der Waals surface area contributed by atoms with Crippen molar-refractivity contribution in [3.63, 3.8) is 0 Å². The fraction of sp³-hybridized carbons (Fsp3) is 0.348. The van der Waals surface area contributed by atoms with E-state index in [1.165, 1.54) is 37.7 Å². The summed E-state index contributed by atoms with van der Waals surface area (Å²) in [5, 5.41) is 7.04. The monoisotopic (exact) mass is 373 g/mol. The second-order valence-electron chi connectivity index (χ2n) is 7.34. The van der Waals surface area contributed by atoms with Crippen molar-refractivity contribution in [1.29, 1.82) is 0 Å². The Kier molecular flexibility index (Phi) is 6.12. The van der Waals surface area contributed by atoms with Crippen LogP contribution in [0.3, 0.4) is 0 Å². The Labute approximate surface area is 166 Å². The third-order valence-corrected chi connectivity index (χ3v) is 5.20.